The Morgan fingerprint density at radius 3 is 2.56 bits per heavy atom. The third kappa shape index (κ3) is 8.27. The molecular formula is C29H33ClFN5O5. The molecule has 0 unspecified atom stereocenters. The second-order valence-electron chi connectivity index (χ2n) is 10.4. The third-order valence-corrected chi connectivity index (χ3v) is 6.40. The molecule has 2 amide bonds. The number of hydrogen-bond donors (Lipinski definition) is 2. The summed E-state index contributed by atoms with van der Waals surface area (Å²) in [7, 11) is 1.57. The molecule has 218 valence electrons. The number of nitrogens with zero attached hydrogens (tertiary/aromatic N) is 3. The Labute approximate surface area is 242 Å². The number of likely N-dealkylation sites (tertiary alicyclic amines) is 1. The van der Waals surface area contributed by atoms with E-state index in [4.69, 9.17) is 25.8 Å². The van der Waals surface area contributed by atoms with Crippen LogP contribution in [0.15, 0.2) is 48.3 Å². The van der Waals surface area contributed by atoms with Gasteiger partial charge in [-0.25, -0.2) is 19.2 Å². The fraction of sp³-hybridized carbons (Fsp3) is 0.379. The van der Waals surface area contributed by atoms with E-state index >= 15 is 0 Å². The zero-order chi connectivity index (χ0) is 29.6. The number of carbonyl (C=O) groups is 2. The van der Waals surface area contributed by atoms with E-state index in [1.807, 2.05) is 20.8 Å². The number of benzene rings is 2. The second-order valence-corrected chi connectivity index (χ2v) is 10.8. The molecule has 3 aromatic rings. The van der Waals surface area contributed by atoms with E-state index in [2.05, 4.69) is 20.6 Å². The molecule has 2 aromatic carbocycles. The largest absolute Gasteiger partial charge is 0.489 e. The highest BCUT2D eigenvalue weighted by Gasteiger charge is 2.25. The van der Waals surface area contributed by atoms with E-state index in [1.165, 1.54) is 18.5 Å². The maximum absolute atomic E-state index is 13.6. The molecule has 1 fully saturated rings. The molecule has 1 aliphatic rings. The SMILES string of the molecule is COCCOc1cc2ncnc(Nc3ccc(F)c(Cl)c3)c2cc1NC(=O)C=C1CCN(C(=O)OC(C)(C)C)CC1. The Hall–Kier alpha value is -3.96. The zero-order valence-electron chi connectivity index (χ0n) is 23.4. The summed E-state index contributed by atoms with van der Waals surface area (Å²) in [6.45, 7) is 7.03. The van der Waals surface area contributed by atoms with Crippen molar-refractivity contribution in [2.75, 3.05) is 44.0 Å². The van der Waals surface area contributed by atoms with Gasteiger partial charge in [-0.3, -0.25) is 4.79 Å². The van der Waals surface area contributed by atoms with E-state index in [9.17, 15) is 14.0 Å². The fourth-order valence-electron chi connectivity index (χ4n) is 4.15. The van der Waals surface area contributed by atoms with Gasteiger partial charge in [0.2, 0.25) is 5.91 Å². The predicted octanol–water partition coefficient (Wildman–Crippen LogP) is 6.09. The summed E-state index contributed by atoms with van der Waals surface area (Å²) in [5, 5.41) is 6.61. The first kappa shape index (κ1) is 30.0. The molecule has 1 aromatic heterocycles. The lowest BCUT2D eigenvalue weighted by atomic mass is 10.0. The number of halogens is 2. The van der Waals surface area contributed by atoms with Gasteiger partial charge in [-0.05, 0) is 57.9 Å². The van der Waals surface area contributed by atoms with Gasteiger partial charge in [0.1, 0.15) is 35.9 Å². The summed E-state index contributed by atoms with van der Waals surface area (Å²) in [6, 6.07) is 7.67. The molecule has 0 spiro atoms. The lowest BCUT2D eigenvalue weighted by molar-refractivity contribution is -0.112. The molecule has 0 atom stereocenters. The van der Waals surface area contributed by atoms with Crippen molar-refractivity contribution in [2.24, 2.45) is 0 Å². The maximum atomic E-state index is 13.6. The molecule has 2 N–H and O–H groups in total. The number of rotatable bonds is 8. The first-order valence-electron chi connectivity index (χ1n) is 13.1. The van der Waals surface area contributed by atoms with E-state index < -0.39 is 11.4 Å². The number of amides is 2. The van der Waals surface area contributed by atoms with Crippen LogP contribution in [-0.4, -0.2) is 65.9 Å². The lowest BCUT2D eigenvalue weighted by Crippen LogP contribution is -2.40. The van der Waals surface area contributed by atoms with Gasteiger partial charge in [-0.2, -0.15) is 0 Å². The number of ether oxygens (including phenoxy) is 3. The van der Waals surface area contributed by atoms with Crippen molar-refractivity contribution in [3.63, 3.8) is 0 Å². The van der Waals surface area contributed by atoms with Crippen LogP contribution in [0.25, 0.3) is 10.9 Å². The standard InChI is InChI=1S/C29H33ClFN5O5/c1-29(2,3)41-28(38)36-9-7-18(8-10-36)13-26(37)35-24-15-20-23(16-25(24)40-12-11-39-4)32-17-33-27(20)34-19-5-6-22(31)21(30)14-19/h5-6,13-17H,7-12H2,1-4H3,(H,35,37)(H,32,33,34). The van der Waals surface area contributed by atoms with Gasteiger partial charge in [0, 0.05) is 43.4 Å². The first-order valence-corrected chi connectivity index (χ1v) is 13.5. The Morgan fingerprint density at radius 2 is 1.88 bits per heavy atom. The summed E-state index contributed by atoms with van der Waals surface area (Å²) in [5.41, 5.74) is 1.86. The highest BCUT2D eigenvalue weighted by atomic mass is 35.5. The number of piperidine rings is 1. The summed E-state index contributed by atoms with van der Waals surface area (Å²) in [5.74, 6) is -0.0180. The van der Waals surface area contributed by atoms with Crippen molar-refractivity contribution >= 4 is 51.7 Å². The molecule has 0 aliphatic carbocycles. The van der Waals surface area contributed by atoms with Crippen LogP contribution in [0.2, 0.25) is 5.02 Å². The molecular weight excluding hydrogens is 553 g/mol. The van der Waals surface area contributed by atoms with Crippen molar-refractivity contribution in [1.29, 1.82) is 0 Å². The normalized spacial score (nSPS) is 13.6. The topological polar surface area (TPSA) is 115 Å². The van der Waals surface area contributed by atoms with Gasteiger partial charge in [-0.1, -0.05) is 17.2 Å². The third-order valence-electron chi connectivity index (χ3n) is 6.11. The van der Waals surface area contributed by atoms with Crippen LogP contribution in [0, 0.1) is 5.82 Å². The predicted molar refractivity (Wildman–Crippen MR) is 155 cm³/mol. The Morgan fingerprint density at radius 1 is 1.12 bits per heavy atom. The van der Waals surface area contributed by atoms with Crippen LogP contribution < -0.4 is 15.4 Å². The van der Waals surface area contributed by atoms with Crippen LogP contribution in [-0.2, 0) is 14.3 Å². The quantitative estimate of drug-likeness (QED) is 0.241. The van der Waals surface area contributed by atoms with Crippen molar-refractivity contribution in [3.8, 4) is 5.75 Å². The molecule has 0 bridgehead atoms. The Balaban J connectivity index is 1.54. The molecule has 1 aliphatic heterocycles. The van der Waals surface area contributed by atoms with Crippen molar-refractivity contribution in [1.82, 2.24) is 14.9 Å². The summed E-state index contributed by atoms with van der Waals surface area (Å²) < 4.78 is 30.1. The smallest absolute Gasteiger partial charge is 0.410 e. The lowest BCUT2D eigenvalue weighted by Gasteiger charge is -2.30. The van der Waals surface area contributed by atoms with Crippen molar-refractivity contribution in [3.05, 3.63) is 59.1 Å². The molecule has 1 saturated heterocycles. The number of carbonyl (C=O) groups excluding carboxylic acids is 2. The molecule has 0 saturated carbocycles. The average molecular weight is 586 g/mol. The van der Waals surface area contributed by atoms with Gasteiger partial charge in [0.25, 0.3) is 0 Å². The van der Waals surface area contributed by atoms with E-state index in [0.717, 1.165) is 5.57 Å². The second kappa shape index (κ2) is 13.1. The zero-order valence-corrected chi connectivity index (χ0v) is 24.2. The highest BCUT2D eigenvalue weighted by Crippen LogP contribution is 2.34. The first-order chi connectivity index (χ1) is 19.5. The Bertz CT molecular complexity index is 1450. The number of nitrogens with one attached hydrogen (secondary N) is 2. The van der Waals surface area contributed by atoms with Gasteiger partial charge in [0.05, 0.1) is 22.8 Å². The van der Waals surface area contributed by atoms with Gasteiger partial charge >= 0.3 is 6.09 Å². The van der Waals surface area contributed by atoms with Crippen LogP contribution in [0.3, 0.4) is 0 Å². The van der Waals surface area contributed by atoms with E-state index in [1.54, 1.807) is 36.3 Å². The highest BCUT2D eigenvalue weighted by molar-refractivity contribution is 6.31. The molecule has 41 heavy (non-hydrogen) atoms. The minimum atomic E-state index is -0.567. The number of anilines is 3. The van der Waals surface area contributed by atoms with E-state index in [0.29, 0.717) is 66.4 Å². The van der Waals surface area contributed by atoms with Gasteiger partial charge < -0.3 is 29.7 Å². The monoisotopic (exact) mass is 585 g/mol. The number of aromatic nitrogens is 2. The van der Waals surface area contributed by atoms with Crippen LogP contribution in [0.4, 0.5) is 26.4 Å². The average Bonchev–Trinajstić information content (AvgIpc) is 2.91. The fourth-order valence-corrected chi connectivity index (χ4v) is 4.33. The molecule has 2 heterocycles. The van der Waals surface area contributed by atoms with Crippen molar-refractivity contribution < 1.29 is 28.2 Å². The number of methoxy groups -OCH3 is 1. The summed E-state index contributed by atoms with van der Waals surface area (Å²) >= 11 is 5.94. The van der Waals surface area contributed by atoms with Crippen molar-refractivity contribution in [2.45, 2.75) is 39.2 Å². The maximum Gasteiger partial charge on any atom is 0.410 e. The molecule has 0 radical (unpaired) electrons. The summed E-state index contributed by atoms with van der Waals surface area (Å²) in [4.78, 5) is 35.8. The Kier molecular flexibility index (Phi) is 9.61. The minimum absolute atomic E-state index is 0.0277. The molecule has 10 nitrogen and oxygen atoms in total. The van der Waals surface area contributed by atoms with E-state index in [-0.39, 0.29) is 23.6 Å². The molecule has 12 heteroatoms. The molecule has 4 rings (SSSR count). The van der Waals surface area contributed by atoms with Gasteiger partial charge in [-0.15, -0.1) is 0 Å². The number of hydrogen-bond acceptors (Lipinski definition) is 8. The minimum Gasteiger partial charge on any atom is -0.489 e. The number of fused-ring (bicyclic) bond motifs is 1. The van der Waals surface area contributed by atoms with Crippen LogP contribution in [0.5, 0.6) is 5.75 Å². The van der Waals surface area contributed by atoms with Crippen LogP contribution >= 0.6 is 11.6 Å². The van der Waals surface area contributed by atoms with Gasteiger partial charge in [0.15, 0.2) is 0 Å². The van der Waals surface area contributed by atoms with Crippen LogP contribution in [0.1, 0.15) is 33.6 Å². The summed E-state index contributed by atoms with van der Waals surface area (Å²) in [6.07, 6.45) is 3.70.